The van der Waals surface area contributed by atoms with Crippen molar-refractivity contribution in [1.29, 1.82) is 0 Å². The van der Waals surface area contributed by atoms with Crippen LogP contribution in [-0.2, 0) is 9.53 Å². The van der Waals surface area contributed by atoms with Crippen molar-refractivity contribution in [2.75, 3.05) is 7.11 Å². The molecular formula is C28H20N4O8S. The second-order valence-corrected chi connectivity index (χ2v) is 9.83. The van der Waals surface area contributed by atoms with Crippen LogP contribution in [0, 0.1) is 20.2 Å². The molecule has 1 atom stereocenters. The highest BCUT2D eigenvalue weighted by atomic mass is 32.1. The number of benzene rings is 3. The second kappa shape index (κ2) is 11.0. The van der Waals surface area contributed by atoms with Crippen LogP contribution in [-0.4, -0.2) is 27.5 Å². The minimum Gasteiger partial charge on any atom is -0.466 e. The minimum absolute atomic E-state index is 0.175. The fourth-order valence-corrected chi connectivity index (χ4v) is 5.48. The molecule has 13 heteroatoms. The maximum absolute atomic E-state index is 13.7. The van der Waals surface area contributed by atoms with E-state index in [4.69, 9.17) is 9.47 Å². The van der Waals surface area contributed by atoms with Gasteiger partial charge in [-0.05, 0) is 42.3 Å². The Labute approximate surface area is 235 Å². The summed E-state index contributed by atoms with van der Waals surface area (Å²) in [5.74, 6) is -0.542. The highest BCUT2D eigenvalue weighted by molar-refractivity contribution is 7.07. The summed E-state index contributed by atoms with van der Waals surface area (Å²) in [5.41, 5.74) is 0.612. The molecule has 206 valence electrons. The molecule has 1 unspecified atom stereocenters. The molecule has 0 spiro atoms. The maximum atomic E-state index is 13.7. The van der Waals surface area contributed by atoms with Gasteiger partial charge in [0, 0.05) is 6.07 Å². The van der Waals surface area contributed by atoms with E-state index >= 15 is 0 Å². The largest absolute Gasteiger partial charge is 0.466 e. The monoisotopic (exact) mass is 572 g/mol. The van der Waals surface area contributed by atoms with Crippen LogP contribution in [0.15, 0.2) is 93.9 Å². The number of rotatable bonds is 7. The van der Waals surface area contributed by atoms with Crippen LogP contribution in [0.25, 0.3) is 6.08 Å². The van der Waals surface area contributed by atoms with Crippen molar-refractivity contribution < 1.29 is 24.1 Å². The summed E-state index contributed by atoms with van der Waals surface area (Å²) in [6, 6.07) is 18.0. The summed E-state index contributed by atoms with van der Waals surface area (Å²) in [5, 5.41) is 22.5. The van der Waals surface area contributed by atoms with Crippen molar-refractivity contribution in [2.45, 2.75) is 13.0 Å². The standard InChI is InChI=1S/C28H20N4O8S/c1-16-24(27(34)39-2)25(18-8-4-3-5-9-18)30-26(33)23(41-28(30)29-16)14-17-7-6-10-20(13-17)40-22-12-11-19(31(35)36)15-21(22)32(37)38/h3-15,25H,1-2H3. The van der Waals surface area contributed by atoms with Crippen molar-refractivity contribution in [1.82, 2.24) is 4.57 Å². The Morgan fingerprint density at radius 2 is 1.78 bits per heavy atom. The van der Waals surface area contributed by atoms with Gasteiger partial charge in [0.1, 0.15) is 5.75 Å². The summed E-state index contributed by atoms with van der Waals surface area (Å²) in [6.45, 7) is 1.69. The third-order valence-corrected chi connectivity index (χ3v) is 7.26. The second-order valence-electron chi connectivity index (χ2n) is 8.82. The first-order valence-corrected chi connectivity index (χ1v) is 12.9. The molecule has 1 aliphatic heterocycles. The lowest BCUT2D eigenvalue weighted by molar-refractivity contribution is -0.394. The number of nitro groups is 2. The van der Waals surface area contributed by atoms with Crippen LogP contribution in [0.2, 0.25) is 0 Å². The summed E-state index contributed by atoms with van der Waals surface area (Å²) < 4.78 is 12.5. The van der Waals surface area contributed by atoms with Gasteiger partial charge >= 0.3 is 11.7 Å². The number of hydrogen-bond donors (Lipinski definition) is 0. The van der Waals surface area contributed by atoms with Gasteiger partial charge in [-0.1, -0.05) is 53.8 Å². The van der Waals surface area contributed by atoms with E-state index in [1.165, 1.54) is 11.7 Å². The number of aromatic nitrogens is 1. The van der Waals surface area contributed by atoms with Crippen molar-refractivity contribution in [2.24, 2.45) is 4.99 Å². The number of carbonyl (C=O) groups is 1. The van der Waals surface area contributed by atoms with Crippen LogP contribution in [0.4, 0.5) is 11.4 Å². The SMILES string of the molecule is COC(=O)C1=C(C)N=c2sc(=Cc3cccc(Oc4ccc([N+](=O)[O-])cc4[N+](=O)[O-])c3)c(=O)n2C1c1ccccc1. The van der Waals surface area contributed by atoms with Crippen molar-refractivity contribution >= 4 is 34.8 Å². The number of esters is 1. The lowest BCUT2D eigenvalue weighted by Gasteiger charge is -2.24. The topological polar surface area (TPSA) is 156 Å². The Morgan fingerprint density at radius 1 is 1.02 bits per heavy atom. The van der Waals surface area contributed by atoms with Crippen molar-refractivity contribution in [3.05, 3.63) is 135 Å². The lowest BCUT2D eigenvalue weighted by Crippen LogP contribution is -2.39. The van der Waals surface area contributed by atoms with Gasteiger partial charge in [-0.3, -0.25) is 29.6 Å². The average molecular weight is 573 g/mol. The van der Waals surface area contributed by atoms with E-state index in [9.17, 15) is 29.8 Å². The summed E-state index contributed by atoms with van der Waals surface area (Å²) in [6.07, 6.45) is 1.63. The molecule has 0 N–H and O–H groups in total. The van der Waals surface area contributed by atoms with E-state index < -0.39 is 33.2 Å². The Kier molecular flexibility index (Phi) is 7.27. The maximum Gasteiger partial charge on any atom is 0.338 e. The molecule has 2 heterocycles. The highest BCUT2D eigenvalue weighted by Gasteiger charge is 2.33. The molecule has 41 heavy (non-hydrogen) atoms. The molecule has 12 nitrogen and oxygen atoms in total. The first-order chi connectivity index (χ1) is 19.7. The molecule has 1 aromatic heterocycles. The molecule has 0 amide bonds. The zero-order chi connectivity index (χ0) is 29.3. The third-order valence-electron chi connectivity index (χ3n) is 6.28. The third kappa shape index (κ3) is 5.25. The summed E-state index contributed by atoms with van der Waals surface area (Å²) >= 11 is 1.15. The molecule has 4 aromatic rings. The van der Waals surface area contributed by atoms with Crippen LogP contribution >= 0.6 is 11.3 Å². The smallest absolute Gasteiger partial charge is 0.338 e. The Hall–Kier alpha value is -5.43. The fourth-order valence-electron chi connectivity index (χ4n) is 4.44. The van der Waals surface area contributed by atoms with Crippen LogP contribution < -0.4 is 19.6 Å². The predicted octanol–water partition coefficient (Wildman–Crippen LogP) is 4.02. The number of ether oxygens (including phenoxy) is 2. The summed E-state index contributed by atoms with van der Waals surface area (Å²) in [7, 11) is 1.27. The number of fused-ring (bicyclic) bond motifs is 1. The van der Waals surface area contributed by atoms with E-state index in [1.807, 2.05) is 30.3 Å². The van der Waals surface area contributed by atoms with Gasteiger partial charge in [0.2, 0.25) is 5.75 Å². The number of allylic oxidation sites excluding steroid dienone is 1. The van der Waals surface area contributed by atoms with Crippen LogP contribution in [0.3, 0.4) is 0 Å². The van der Waals surface area contributed by atoms with Crippen LogP contribution in [0.1, 0.15) is 24.1 Å². The molecule has 0 saturated heterocycles. The van der Waals surface area contributed by atoms with Gasteiger partial charge < -0.3 is 9.47 Å². The lowest BCUT2D eigenvalue weighted by atomic mass is 9.96. The van der Waals surface area contributed by atoms with Crippen LogP contribution in [0.5, 0.6) is 11.5 Å². The molecule has 0 bridgehead atoms. The molecular weight excluding hydrogens is 552 g/mol. The number of carbonyl (C=O) groups excluding carboxylic acids is 1. The zero-order valence-electron chi connectivity index (χ0n) is 21.5. The predicted molar refractivity (Wildman–Crippen MR) is 148 cm³/mol. The van der Waals surface area contributed by atoms with Gasteiger partial charge in [-0.25, -0.2) is 9.79 Å². The average Bonchev–Trinajstić information content (AvgIpc) is 3.26. The van der Waals surface area contributed by atoms with E-state index in [0.29, 0.717) is 20.6 Å². The molecule has 0 saturated carbocycles. The number of nitro benzene ring substituents is 2. The zero-order valence-corrected chi connectivity index (χ0v) is 22.4. The van der Waals surface area contributed by atoms with E-state index in [2.05, 4.69) is 4.99 Å². The van der Waals surface area contributed by atoms with Gasteiger partial charge in [-0.15, -0.1) is 0 Å². The molecule has 3 aromatic carbocycles. The van der Waals surface area contributed by atoms with E-state index in [-0.39, 0.29) is 22.6 Å². The van der Waals surface area contributed by atoms with Gasteiger partial charge in [0.25, 0.3) is 11.2 Å². The first kappa shape index (κ1) is 27.1. The van der Waals surface area contributed by atoms with Gasteiger partial charge in [0.05, 0.1) is 44.9 Å². The van der Waals surface area contributed by atoms with Gasteiger partial charge in [-0.2, -0.15) is 0 Å². The number of hydrogen-bond acceptors (Lipinski definition) is 10. The minimum atomic E-state index is -0.763. The molecule has 0 aliphatic carbocycles. The number of thiazole rings is 1. The summed E-state index contributed by atoms with van der Waals surface area (Å²) in [4.78, 5) is 52.4. The van der Waals surface area contributed by atoms with E-state index in [1.54, 1.807) is 37.3 Å². The first-order valence-electron chi connectivity index (χ1n) is 12.0. The normalized spacial score (nSPS) is 14.7. The highest BCUT2D eigenvalue weighted by Crippen LogP contribution is 2.35. The fraction of sp³-hybridized carbons (Fsp3) is 0.107. The molecule has 5 rings (SSSR count). The van der Waals surface area contributed by atoms with E-state index in [0.717, 1.165) is 35.1 Å². The quantitative estimate of drug-likeness (QED) is 0.183. The molecule has 1 aliphatic rings. The van der Waals surface area contributed by atoms with Crippen molar-refractivity contribution in [3.8, 4) is 11.5 Å². The Bertz CT molecular complexity index is 1930. The number of nitrogens with zero attached hydrogens (tertiary/aromatic N) is 4. The van der Waals surface area contributed by atoms with Crippen molar-refractivity contribution in [3.63, 3.8) is 0 Å². The Morgan fingerprint density at radius 3 is 2.46 bits per heavy atom. The number of methoxy groups -OCH3 is 1. The Balaban J connectivity index is 1.57. The molecule has 0 radical (unpaired) electrons. The number of non-ortho nitro benzene ring substituents is 1. The van der Waals surface area contributed by atoms with Gasteiger partial charge in [0.15, 0.2) is 4.80 Å². The molecule has 0 fully saturated rings.